The van der Waals surface area contributed by atoms with Crippen molar-refractivity contribution in [1.29, 1.82) is 0 Å². The summed E-state index contributed by atoms with van der Waals surface area (Å²) < 4.78 is 7.23. The predicted octanol–water partition coefficient (Wildman–Crippen LogP) is 2.43. The summed E-state index contributed by atoms with van der Waals surface area (Å²) >= 11 is 0. The van der Waals surface area contributed by atoms with Crippen LogP contribution in [0, 0.1) is 6.92 Å². The van der Waals surface area contributed by atoms with Crippen LogP contribution < -0.4 is 5.73 Å². The number of anilines is 1. The quantitative estimate of drug-likeness (QED) is 0.571. The van der Waals surface area contributed by atoms with Gasteiger partial charge in [-0.05, 0) is 24.6 Å². The van der Waals surface area contributed by atoms with Gasteiger partial charge in [-0.1, -0.05) is 6.07 Å². The van der Waals surface area contributed by atoms with Crippen LogP contribution in [0.3, 0.4) is 0 Å². The molecule has 4 aromatic rings. The van der Waals surface area contributed by atoms with E-state index in [2.05, 4.69) is 15.0 Å². The molecule has 0 aliphatic heterocycles. The second-order valence-electron chi connectivity index (χ2n) is 4.65. The summed E-state index contributed by atoms with van der Waals surface area (Å²) in [5.41, 5.74) is 10.0. The molecule has 0 amide bonds. The first-order valence-electron chi connectivity index (χ1n) is 6.17. The van der Waals surface area contributed by atoms with Gasteiger partial charge in [-0.15, -0.1) is 0 Å². The molecule has 0 aliphatic rings. The molecule has 0 radical (unpaired) electrons. The van der Waals surface area contributed by atoms with E-state index in [1.54, 1.807) is 12.4 Å². The third-order valence-electron chi connectivity index (χ3n) is 3.29. The molecular weight excluding hydrogens is 254 g/mol. The highest BCUT2D eigenvalue weighted by molar-refractivity contribution is 5.81. The number of aromatic nitrogens is 4. The Bertz CT molecular complexity index is 937. The third-order valence-corrected chi connectivity index (χ3v) is 3.29. The molecular formula is C14H11N5O. The Hall–Kier alpha value is -2.89. The molecule has 3 aromatic heterocycles. The number of benzene rings is 1. The van der Waals surface area contributed by atoms with E-state index < -0.39 is 0 Å². The molecule has 0 saturated carbocycles. The largest absolute Gasteiger partial charge is 0.424 e. The molecule has 2 N–H and O–H groups in total. The molecule has 6 heteroatoms. The van der Waals surface area contributed by atoms with Gasteiger partial charge in [0.05, 0.1) is 6.20 Å². The Morgan fingerprint density at radius 1 is 1.15 bits per heavy atom. The van der Waals surface area contributed by atoms with Crippen LogP contribution in [0.1, 0.15) is 5.69 Å². The van der Waals surface area contributed by atoms with Gasteiger partial charge in [-0.3, -0.25) is 4.40 Å². The lowest BCUT2D eigenvalue weighted by Crippen LogP contribution is -1.92. The normalized spacial score (nSPS) is 11.4. The summed E-state index contributed by atoms with van der Waals surface area (Å²) in [6.07, 6.45) is 5.61. The summed E-state index contributed by atoms with van der Waals surface area (Å²) in [4.78, 5) is 12.7. The molecule has 1 aromatic carbocycles. The van der Waals surface area contributed by atoms with E-state index in [9.17, 15) is 0 Å². The lowest BCUT2D eigenvalue weighted by Gasteiger charge is -2.03. The number of imidazole rings is 1. The van der Waals surface area contributed by atoms with Gasteiger partial charge >= 0.3 is 0 Å². The Morgan fingerprint density at radius 2 is 2.00 bits per heavy atom. The average Bonchev–Trinajstić information content (AvgIpc) is 3.00. The Morgan fingerprint density at radius 3 is 2.90 bits per heavy atom. The molecule has 3 heterocycles. The number of aryl methyl sites for hydroxylation is 1. The number of oxazole rings is 1. The molecule has 0 spiro atoms. The number of nitrogen functional groups attached to an aromatic ring is 1. The van der Waals surface area contributed by atoms with Crippen molar-refractivity contribution < 1.29 is 4.42 Å². The van der Waals surface area contributed by atoms with Crippen LogP contribution in [0.2, 0.25) is 0 Å². The van der Waals surface area contributed by atoms with Crippen molar-refractivity contribution in [2.45, 2.75) is 6.92 Å². The number of hydrogen-bond donors (Lipinski definition) is 1. The number of hydrogen-bond acceptors (Lipinski definition) is 5. The smallest absolute Gasteiger partial charge is 0.292 e. The van der Waals surface area contributed by atoms with Crippen LogP contribution in [-0.4, -0.2) is 19.4 Å². The zero-order valence-electron chi connectivity index (χ0n) is 10.7. The fourth-order valence-electron chi connectivity index (χ4n) is 2.26. The molecule has 0 bridgehead atoms. The predicted molar refractivity (Wildman–Crippen MR) is 75.1 cm³/mol. The first-order chi connectivity index (χ1) is 9.70. The maximum Gasteiger partial charge on any atom is 0.292 e. The standard InChI is InChI=1S/C14H11N5O/c1-8-5-16-14-17-6-10(7-19(8)14)9-2-3-12-11(4-9)18-13(15)20-12/h2-7H,1H3,(H2,15,18). The fourth-order valence-corrected chi connectivity index (χ4v) is 2.26. The Balaban J connectivity index is 1.92. The minimum Gasteiger partial charge on any atom is -0.424 e. The van der Waals surface area contributed by atoms with E-state index in [0.29, 0.717) is 11.4 Å². The molecule has 6 nitrogen and oxygen atoms in total. The Kier molecular flexibility index (Phi) is 2.09. The van der Waals surface area contributed by atoms with E-state index in [-0.39, 0.29) is 6.01 Å². The average molecular weight is 265 g/mol. The van der Waals surface area contributed by atoms with Crippen molar-refractivity contribution in [3.05, 3.63) is 42.5 Å². The molecule has 4 rings (SSSR count). The van der Waals surface area contributed by atoms with Gasteiger partial charge < -0.3 is 10.2 Å². The number of rotatable bonds is 1. The van der Waals surface area contributed by atoms with E-state index in [4.69, 9.17) is 10.2 Å². The van der Waals surface area contributed by atoms with Crippen molar-refractivity contribution in [1.82, 2.24) is 19.4 Å². The van der Waals surface area contributed by atoms with E-state index in [1.807, 2.05) is 35.7 Å². The third kappa shape index (κ3) is 1.55. The van der Waals surface area contributed by atoms with Crippen LogP contribution in [0.5, 0.6) is 0 Å². The first-order valence-corrected chi connectivity index (χ1v) is 6.17. The fraction of sp³-hybridized carbons (Fsp3) is 0.0714. The van der Waals surface area contributed by atoms with Crippen LogP contribution in [0.25, 0.3) is 28.0 Å². The monoisotopic (exact) mass is 265 g/mol. The highest BCUT2D eigenvalue weighted by Crippen LogP contribution is 2.25. The highest BCUT2D eigenvalue weighted by Gasteiger charge is 2.07. The van der Waals surface area contributed by atoms with Gasteiger partial charge in [0.1, 0.15) is 5.52 Å². The summed E-state index contributed by atoms with van der Waals surface area (Å²) in [6, 6.07) is 5.93. The van der Waals surface area contributed by atoms with Crippen LogP contribution in [-0.2, 0) is 0 Å². The van der Waals surface area contributed by atoms with Crippen molar-refractivity contribution in [2.75, 3.05) is 5.73 Å². The van der Waals surface area contributed by atoms with Crippen LogP contribution in [0.4, 0.5) is 6.01 Å². The minimum absolute atomic E-state index is 0.177. The highest BCUT2D eigenvalue weighted by atomic mass is 16.4. The van der Waals surface area contributed by atoms with Gasteiger partial charge in [0, 0.05) is 23.7 Å². The van der Waals surface area contributed by atoms with Crippen molar-refractivity contribution in [2.24, 2.45) is 0 Å². The molecule has 98 valence electrons. The van der Waals surface area contributed by atoms with Gasteiger partial charge in [0.15, 0.2) is 5.58 Å². The second kappa shape index (κ2) is 3.80. The lowest BCUT2D eigenvalue weighted by molar-refractivity contribution is 0.626. The van der Waals surface area contributed by atoms with E-state index in [1.165, 1.54) is 0 Å². The maximum absolute atomic E-state index is 5.56. The second-order valence-corrected chi connectivity index (χ2v) is 4.65. The van der Waals surface area contributed by atoms with Gasteiger partial charge in [-0.2, -0.15) is 4.98 Å². The maximum atomic E-state index is 5.56. The van der Waals surface area contributed by atoms with Crippen LogP contribution in [0.15, 0.2) is 41.2 Å². The number of nitrogens with two attached hydrogens (primary N) is 1. The lowest BCUT2D eigenvalue weighted by atomic mass is 10.1. The van der Waals surface area contributed by atoms with Crippen molar-refractivity contribution in [3.8, 4) is 11.1 Å². The summed E-state index contributed by atoms with van der Waals surface area (Å²) in [7, 11) is 0. The summed E-state index contributed by atoms with van der Waals surface area (Å²) in [6.45, 7) is 1.99. The topological polar surface area (TPSA) is 82.2 Å². The Labute approximate surface area is 113 Å². The summed E-state index contributed by atoms with van der Waals surface area (Å²) in [5.74, 6) is 0.693. The molecule has 0 atom stereocenters. The zero-order chi connectivity index (χ0) is 13.7. The van der Waals surface area contributed by atoms with E-state index in [0.717, 1.165) is 22.3 Å². The molecule has 0 saturated heterocycles. The van der Waals surface area contributed by atoms with E-state index >= 15 is 0 Å². The number of nitrogens with zero attached hydrogens (tertiary/aromatic N) is 4. The van der Waals surface area contributed by atoms with Gasteiger partial charge in [0.25, 0.3) is 6.01 Å². The molecule has 0 fully saturated rings. The van der Waals surface area contributed by atoms with Gasteiger partial charge in [-0.25, -0.2) is 9.97 Å². The van der Waals surface area contributed by atoms with Crippen molar-refractivity contribution in [3.63, 3.8) is 0 Å². The first kappa shape index (κ1) is 11.0. The van der Waals surface area contributed by atoms with Crippen molar-refractivity contribution >= 4 is 22.9 Å². The molecule has 0 unspecified atom stereocenters. The summed E-state index contributed by atoms with van der Waals surface area (Å²) in [5, 5.41) is 0. The SMILES string of the molecule is Cc1cnc2ncc(-c3ccc4oc(N)nc4c3)cn12. The minimum atomic E-state index is 0.177. The zero-order valence-corrected chi connectivity index (χ0v) is 10.7. The molecule has 0 aliphatic carbocycles. The van der Waals surface area contributed by atoms with Gasteiger partial charge in [0.2, 0.25) is 5.78 Å². The molecule has 20 heavy (non-hydrogen) atoms. The van der Waals surface area contributed by atoms with Crippen LogP contribution >= 0.6 is 0 Å². The number of fused-ring (bicyclic) bond motifs is 2.